The number of aliphatic imine (C=N–C) groups is 2. The molecule has 0 bridgehead atoms. The zero-order valence-corrected chi connectivity index (χ0v) is 22.9. The van der Waals surface area contributed by atoms with E-state index in [2.05, 4.69) is 30.7 Å². The van der Waals surface area contributed by atoms with Gasteiger partial charge in [-0.2, -0.15) is 0 Å². The Balaban J connectivity index is 1.80. The first-order chi connectivity index (χ1) is 16.8. The highest BCUT2D eigenvalue weighted by Crippen LogP contribution is 2.42. The molecule has 1 aliphatic carbocycles. The summed E-state index contributed by atoms with van der Waals surface area (Å²) in [6, 6.07) is 0.277. The van der Waals surface area contributed by atoms with Gasteiger partial charge in [0.2, 0.25) is 0 Å². The molecule has 2 aromatic heterocycles. The van der Waals surface area contributed by atoms with Gasteiger partial charge in [-0.05, 0) is 46.0 Å². The monoisotopic (exact) mass is 501 g/mol. The minimum atomic E-state index is -0.583. The van der Waals surface area contributed by atoms with E-state index in [1.165, 1.54) is 6.42 Å². The zero-order valence-electron chi connectivity index (χ0n) is 22.1. The third-order valence-corrected chi connectivity index (χ3v) is 7.74. The number of aliphatic hydroxyl groups is 1. The van der Waals surface area contributed by atoms with Crippen LogP contribution in [0.5, 0.6) is 5.75 Å². The maximum Gasteiger partial charge on any atom is 0.162 e. The van der Waals surface area contributed by atoms with Gasteiger partial charge in [0.15, 0.2) is 11.6 Å². The second-order valence-electron chi connectivity index (χ2n) is 9.92. The number of rotatable bonds is 12. The summed E-state index contributed by atoms with van der Waals surface area (Å²) in [5.41, 5.74) is 1.85. The van der Waals surface area contributed by atoms with E-state index in [-0.39, 0.29) is 11.8 Å². The average molecular weight is 502 g/mol. The first-order valence-corrected chi connectivity index (χ1v) is 14.0. The van der Waals surface area contributed by atoms with Gasteiger partial charge in [0.25, 0.3) is 0 Å². The van der Waals surface area contributed by atoms with E-state index >= 15 is 0 Å². The van der Waals surface area contributed by atoms with Crippen molar-refractivity contribution in [3.63, 3.8) is 0 Å². The normalized spacial score (nSPS) is 16.6. The van der Waals surface area contributed by atoms with Crippen LogP contribution in [0.4, 0.5) is 11.5 Å². The summed E-state index contributed by atoms with van der Waals surface area (Å²) in [5.74, 6) is 0.866. The van der Waals surface area contributed by atoms with Crippen molar-refractivity contribution < 1.29 is 10.2 Å². The van der Waals surface area contributed by atoms with E-state index in [1.54, 1.807) is 17.5 Å². The van der Waals surface area contributed by atoms with Crippen molar-refractivity contribution in [3.05, 3.63) is 21.8 Å². The van der Waals surface area contributed by atoms with Crippen molar-refractivity contribution in [1.29, 1.82) is 0 Å². The highest BCUT2D eigenvalue weighted by Gasteiger charge is 2.28. The third-order valence-electron chi connectivity index (χ3n) is 6.71. The molecule has 2 aromatic rings. The highest BCUT2D eigenvalue weighted by molar-refractivity contribution is 7.13. The molecule has 7 nitrogen and oxygen atoms in total. The van der Waals surface area contributed by atoms with Crippen LogP contribution in [-0.2, 0) is 13.0 Å². The van der Waals surface area contributed by atoms with Gasteiger partial charge in [0.05, 0.1) is 22.4 Å². The molecular weight excluding hydrogens is 458 g/mol. The van der Waals surface area contributed by atoms with Crippen LogP contribution in [0.15, 0.2) is 16.2 Å². The molecule has 1 saturated carbocycles. The maximum atomic E-state index is 10.8. The lowest BCUT2D eigenvalue weighted by Crippen LogP contribution is -2.41. The SMILES string of the molecule is CCCC(CC)n1cc(O)c(N=Cc2sc(CNCC3(O)CCCCC3)nc2CC)c1N=C(C)C. The van der Waals surface area contributed by atoms with Gasteiger partial charge in [0.1, 0.15) is 10.7 Å². The first kappa shape index (κ1) is 27.6. The number of aromatic nitrogens is 2. The Morgan fingerprint density at radius 3 is 2.63 bits per heavy atom. The first-order valence-electron chi connectivity index (χ1n) is 13.2. The van der Waals surface area contributed by atoms with Crippen molar-refractivity contribution >= 4 is 34.8 Å². The predicted octanol–water partition coefficient (Wildman–Crippen LogP) is 6.61. The molecule has 3 N–H and O–H groups in total. The number of nitrogens with zero attached hydrogens (tertiary/aromatic N) is 4. The molecule has 1 aliphatic rings. The Bertz CT molecular complexity index is 1010. The number of nitrogens with one attached hydrogen (secondary N) is 1. The molecule has 1 atom stereocenters. The summed E-state index contributed by atoms with van der Waals surface area (Å²) in [4.78, 5) is 15.3. The molecule has 35 heavy (non-hydrogen) atoms. The van der Waals surface area contributed by atoms with Crippen LogP contribution in [0, 0.1) is 0 Å². The molecule has 2 heterocycles. The summed E-state index contributed by atoms with van der Waals surface area (Å²) in [6.07, 6.45) is 12.6. The van der Waals surface area contributed by atoms with Gasteiger partial charge in [-0.3, -0.25) is 0 Å². The smallest absolute Gasteiger partial charge is 0.162 e. The van der Waals surface area contributed by atoms with Crippen molar-refractivity contribution in [1.82, 2.24) is 14.9 Å². The maximum absolute atomic E-state index is 10.8. The van der Waals surface area contributed by atoms with Crippen LogP contribution in [0.1, 0.15) is 108 Å². The molecule has 0 amide bonds. The second kappa shape index (κ2) is 12.8. The summed E-state index contributed by atoms with van der Waals surface area (Å²) in [7, 11) is 0. The number of hydrogen-bond donors (Lipinski definition) is 3. The molecule has 1 unspecified atom stereocenters. The molecule has 194 valence electrons. The quantitative estimate of drug-likeness (QED) is 0.285. The lowest BCUT2D eigenvalue weighted by Gasteiger charge is -2.32. The van der Waals surface area contributed by atoms with Crippen LogP contribution in [0.2, 0.25) is 0 Å². The van der Waals surface area contributed by atoms with Gasteiger partial charge in [-0.15, -0.1) is 11.3 Å². The van der Waals surface area contributed by atoms with Crippen LogP contribution in [0.25, 0.3) is 0 Å². The molecule has 0 saturated heterocycles. The minimum absolute atomic E-state index is 0.154. The van der Waals surface area contributed by atoms with E-state index in [0.29, 0.717) is 24.6 Å². The van der Waals surface area contributed by atoms with Gasteiger partial charge in [-0.25, -0.2) is 15.0 Å². The highest BCUT2D eigenvalue weighted by atomic mass is 32.1. The topological polar surface area (TPSA) is 95.0 Å². The van der Waals surface area contributed by atoms with E-state index in [9.17, 15) is 10.2 Å². The molecular formula is C27H43N5O2S. The number of hydrogen-bond acceptors (Lipinski definition) is 7. The largest absolute Gasteiger partial charge is 0.504 e. The molecule has 8 heteroatoms. The van der Waals surface area contributed by atoms with E-state index in [0.717, 1.165) is 72.7 Å². The van der Waals surface area contributed by atoms with E-state index in [4.69, 9.17) is 15.0 Å². The lowest BCUT2D eigenvalue weighted by atomic mass is 9.85. The Hall–Kier alpha value is -2.03. The van der Waals surface area contributed by atoms with E-state index in [1.807, 2.05) is 20.1 Å². The summed E-state index contributed by atoms with van der Waals surface area (Å²) in [6.45, 7) is 11.6. The van der Waals surface area contributed by atoms with Crippen LogP contribution in [-0.4, -0.2) is 43.8 Å². The fourth-order valence-electron chi connectivity index (χ4n) is 4.84. The zero-order chi connectivity index (χ0) is 25.4. The Kier molecular flexibility index (Phi) is 10.1. The van der Waals surface area contributed by atoms with Crippen LogP contribution in [0.3, 0.4) is 0 Å². The summed E-state index contributed by atoms with van der Waals surface area (Å²) in [5, 5.41) is 25.9. The number of thiazole rings is 1. The Labute approximate surface area is 214 Å². The van der Waals surface area contributed by atoms with Gasteiger partial charge < -0.3 is 20.1 Å². The number of aryl methyl sites for hydroxylation is 1. The third kappa shape index (κ3) is 7.24. The fourth-order valence-corrected chi connectivity index (χ4v) is 5.84. The molecule has 1 fully saturated rings. The molecule has 0 aliphatic heterocycles. The minimum Gasteiger partial charge on any atom is -0.504 e. The molecule has 0 spiro atoms. The second-order valence-corrected chi connectivity index (χ2v) is 11.0. The molecule has 3 rings (SSSR count). The number of aromatic hydroxyl groups is 1. The summed E-state index contributed by atoms with van der Waals surface area (Å²) < 4.78 is 2.08. The van der Waals surface area contributed by atoms with Gasteiger partial charge in [0, 0.05) is 31.1 Å². The van der Waals surface area contributed by atoms with E-state index < -0.39 is 5.60 Å². The van der Waals surface area contributed by atoms with Crippen molar-refractivity contribution in [3.8, 4) is 5.75 Å². The van der Waals surface area contributed by atoms with Crippen molar-refractivity contribution in [2.45, 2.75) is 111 Å². The Morgan fingerprint density at radius 2 is 2.00 bits per heavy atom. The lowest BCUT2D eigenvalue weighted by molar-refractivity contribution is 0.00467. The predicted molar refractivity (Wildman–Crippen MR) is 147 cm³/mol. The van der Waals surface area contributed by atoms with Crippen LogP contribution >= 0.6 is 11.3 Å². The average Bonchev–Trinajstić information content (AvgIpc) is 3.36. The molecule has 0 radical (unpaired) electrons. The Morgan fingerprint density at radius 1 is 1.26 bits per heavy atom. The molecule has 0 aromatic carbocycles. The van der Waals surface area contributed by atoms with Crippen molar-refractivity contribution in [2.24, 2.45) is 9.98 Å². The standard InChI is InChI=1S/C27H43N5O2S/c1-6-12-20(7-2)32-17-22(33)25(26(32)30-19(4)5)29-15-23-21(8-3)31-24(35-23)16-28-18-27(34)13-10-9-11-14-27/h15,17,20,28,33-34H,6-14,16,18H2,1-5H3. The van der Waals surface area contributed by atoms with Crippen molar-refractivity contribution in [2.75, 3.05) is 6.54 Å². The summed E-state index contributed by atoms with van der Waals surface area (Å²) >= 11 is 1.61. The van der Waals surface area contributed by atoms with Gasteiger partial charge in [-0.1, -0.05) is 46.5 Å². The van der Waals surface area contributed by atoms with Crippen LogP contribution < -0.4 is 5.32 Å². The fraction of sp³-hybridized carbons (Fsp3) is 0.667. The van der Waals surface area contributed by atoms with Gasteiger partial charge >= 0.3 is 0 Å².